The van der Waals surface area contributed by atoms with E-state index in [2.05, 4.69) is 10.6 Å². The molecule has 2 aromatic carbocycles. The van der Waals surface area contributed by atoms with Gasteiger partial charge in [0.25, 0.3) is 5.91 Å². The number of nitrogens with one attached hydrogen (secondary N) is 2. The molecule has 33 heavy (non-hydrogen) atoms. The first-order valence-corrected chi connectivity index (χ1v) is 12.3. The van der Waals surface area contributed by atoms with E-state index in [1.807, 2.05) is 0 Å². The van der Waals surface area contributed by atoms with Gasteiger partial charge < -0.3 is 10.6 Å². The molecule has 9 heteroatoms. The Labute approximate surface area is 195 Å². The van der Waals surface area contributed by atoms with E-state index in [0.29, 0.717) is 24.3 Å². The Morgan fingerprint density at radius 2 is 1.55 bits per heavy atom. The van der Waals surface area contributed by atoms with E-state index in [0.717, 1.165) is 0 Å². The van der Waals surface area contributed by atoms with Crippen molar-refractivity contribution in [3.05, 3.63) is 59.7 Å². The van der Waals surface area contributed by atoms with Crippen LogP contribution in [0.3, 0.4) is 0 Å². The summed E-state index contributed by atoms with van der Waals surface area (Å²) in [5, 5.41) is 5.43. The molecule has 0 saturated carbocycles. The van der Waals surface area contributed by atoms with Crippen LogP contribution < -0.4 is 10.6 Å². The SMILES string of the molecule is CCN(CC)S(=O)(=O)c1cccc(C(=O)N[C@H](C(=O)Nc2cccc(C(C)=O)c2)C(C)C)c1. The molecule has 0 aliphatic rings. The van der Waals surface area contributed by atoms with E-state index >= 15 is 0 Å². The summed E-state index contributed by atoms with van der Waals surface area (Å²) in [6.07, 6.45) is 0. The monoisotopic (exact) mass is 473 g/mol. The Hall–Kier alpha value is -3.04. The first kappa shape index (κ1) is 26.2. The van der Waals surface area contributed by atoms with Gasteiger partial charge in [-0.05, 0) is 43.2 Å². The summed E-state index contributed by atoms with van der Waals surface area (Å²) in [4.78, 5) is 37.4. The van der Waals surface area contributed by atoms with Gasteiger partial charge in [-0.3, -0.25) is 14.4 Å². The molecule has 2 aromatic rings. The van der Waals surface area contributed by atoms with Crippen LogP contribution in [0.25, 0.3) is 0 Å². The minimum Gasteiger partial charge on any atom is -0.340 e. The lowest BCUT2D eigenvalue weighted by Crippen LogP contribution is -2.47. The van der Waals surface area contributed by atoms with Crippen molar-refractivity contribution in [3.63, 3.8) is 0 Å². The molecule has 2 N–H and O–H groups in total. The Bertz CT molecular complexity index is 1120. The maximum absolute atomic E-state index is 12.9. The number of carbonyl (C=O) groups is 3. The normalized spacial score (nSPS) is 12.5. The summed E-state index contributed by atoms with van der Waals surface area (Å²) in [7, 11) is -3.72. The van der Waals surface area contributed by atoms with Crippen molar-refractivity contribution in [3.8, 4) is 0 Å². The van der Waals surface area contributed by atoms with Gasteiger partial charge in [-0.15, -0.1) is 0 Å². The number of hydrogen-bond donors (Lipinski definition) is 2. The Kier molecular flexibility index (Phi) is 8.90. The molecule has 0 fully saturated rings. The molecule has 2 rings (SSSR count). The van der Waals surface area contributed by atoms with Crippen LogP contribution in [0, 0.1) is 5.92 Å². The summed E-state index contributed by atoms with van der Waals surface area (Å²) >= 11 is 0. The highest BCUT2D eigenvalue weighted by Crippen LogP contribution is 2.18. The van der Waals surface area contributed by atoms with E-state index < -0.39 is 27.9 Å². The smallest absolute Gasteiger partial charge is 0.251 e. The van der Waals surface area contributed by atoms with Gasteiger partial charge >= 0.3 is 0 Å². The molecule has 178 valence electrons. The third-order valence-electron chi connectivity index (χ3n) is 5.21. The second-order valence-corrected chi connectivity index (χ2v) is 9.88. The Morgan fingerprint density at radius 1 is 0.939 bits per heavy atom. The summed E-state index contributed by atoms with van der Waals surface area (Å²) in [6, 6.07) is 11.4. The topological polar surface area (TPSA) is 113 Å². The summed E-state index contributed by atoms with van der Waals surface area (Å²) < 4.78 is 26.9. The number of sulfonamides is 1. The van der Waals surface area contributed by atoms with Crippen LogP contribution in [-0.2, 0) is 14.8 Å². The second-order valence-electron chi connectivity index (χ2n) is 7.94. The molecular weight excluding hydrogens is 442 g/mol. The molecule has 0 aliphatic heterocycles. The lowest BCUT2D eigenvalue weighted by atomic mass is 10.0. The van der Waals surface area contributed by atoms with E-state index in [-0.39, 0.29) is 22.2 Å². The lowest BCUT2D eigenvalue weighted by molar-refractivity contribution is -0.118. The molecule has 0 saturated heterocycles. The predicted octanol–water partition coefficient (Wildman–Crippen LogP) is 3.31. The number of anilines is 1. The fourth-order valence-corrected chi connectivity index (χ4v) is 4.81. The van der Waals surface area contributed by atoms with Crippen molar-refractivity contribution >= 4 is 33.3 Å². The van der Waals surface area contributed by atoms with Gasteiger partial charge in [-0.2, -0.15) is 4.31 Å². The third-order valence-corrected chi connectivity index (χ3v) is 7.26. The highest BCUT2D eigenvalue weighted by Gasteiger charge is 2.27. The van der Waals surface area contributed by atoms with Crippen molar-refractivity contribution in [2.75, 3.05) is 18.4 Å². The fraction of sp³-hybridized carbons (Fsp3) is 0.375. The number of ketones is 1. The van der Waals surface area contributed by atoms with Crippen LogP contribution in [0.15, 0.2) is 53.4 Å². The van der Waals surface area contributed by atoms with E-state index in [9.17, 15) is 22.8 Å². The number of carbonyl (C=O) groups excluding carboxylic acids is 3. The number of hydrogen-bond acceptors (Lipinski definition) is 5. The predicted molar refractivity (Wildman–Crippen MR) is 128 cm³/mol. The van der Waals surface area contributed by atoms with Crippen LogP contribution in [0.4, 0.5) is 5.69 Å². The minimum absolute atomic E-state index is 0.0189. The number of rotatable bonds is 10. The van der Waals surface area contributed by atoms with E-state index in [1.165, 1.54) is 35.5 Å². The van der Waals surface area contributed by atoms with Gasteiger partial charge in [-0.1, -0.05) is 45.9 Å². The fourth-order valence-electron chi connectivity index (χ4n) is 3.31. The highest BCUT2D eigenvalue weighted by molar-refractivity contribution is 7.89. The van der Waals surface area contributed by atoms with E-state index in [4.69, 9.17) is 0 Å². The van der Waals surface area contributed by atoms with Gasteiger partial charge in [0.05, 0.1) is 4.90 Å². The molecule has 0 bridgehead atoms. The van der Waals surface area contributed by atoms with Gasteiger partial charge in [0.15, 0.2) is 5.78 Å². The molecule has 2 amide bonds. The van der Waals surface area contributed by atoms with E-state index in [1.54, 1.807) is 52.0 Å². The molecule has 0 heterocycles. The van der Waals surface area contributed by atoms with Crippen LogP contribution in [0.5, 0.6) is 0 Å². The average molecular weight is 474 g/mol. The molecule has 0 unspecified atom stereocenters. The first-order chi connectivity index (χ1) is 15.5. The zero-order valence-electron chi connectivity index (χ0n) is 19.6. The van der Waals surface area contributed by atoms with Crippen molar-refractivity contribution in [1.82, 2.24) is 9.62 Å². The van der Waals surface area contributed by atoms with Crippen LogP contribution in [0.1, 0.15) is 55.3 Å². The summed E-state index contributed by atoms with van der Waals surface area (Å²) in [5.41, 5.74) is 1.05. The standard InChI is InChI=1S/C24H31N3O5S/c1-6-27(7-2)33(31,32)21-13-9-11-19(15-21)23(29)26-22(16(3)4)24(30)25-20-12-8-10-18(14-20)17(5)28/h8-16,22H,6-7H2,1-5H3,(H,25,30)(H,26,29)/t22-/m0/s1. The van der Waals surface area contributed by atoms with Gasteiger partial charge in [0.1, 0.15) is 6.04 Å². The molecule has 0 aromatic heterocycles. The molecule has 8 nitrogen and oxygen atoms in total. The number of amides is 2. The van der Waals surface area contributed by atoms with Crippen molar-refractivity contribution in [1.29, 1.82) is 0 Å². The molecule has 0 radical (unpaired) electrons. The maximum atomic E-state index is 12.9. The lowest BCUT2D eigenvalue weighted by Gasteiger charge is -2.22. The Morgan fingerprint density at radius 3 is 2.12 bits per heavy atom. The number of benzene rings is 2. The van der Waals surface area contributed by atoms with Gasteiger partial charge in [-0.25, -0.2) is 8.42 Å². The molecule has 1 atom stereocenters. The average Bonchev–Trinajstić information content (AvgIpc) is 2.77. The van der Waals surface area contributed by atoms with Gasteiger partial charge in [0.2, 0.25) is 15.9 Å². The maximum Gasteiger partial charge on any atom is 0.251 e. The molecular formula is C24H31N3O5S. The Balaban J connectivity index is 2.23. The molecule has 0 aliphatic carbocycles. The van der Waals surface area contributed by atoms with Crippen LogP contribution in [-0.4, -0.2) is 49.5 Å². The minimum atomic E-state index is -3.72. The second kappa shape index (κ2) is 11.2. The first-order valence-electron chi connectivity index (χ1n) is 10.8. The quantitative estimate of drug-likeness (QED) is 0.514. The third kappa shape index (κ3) is 6.49. The summed E-state index contributed by atoms with van der Waals surface area (Å²) in [6.45, 7) is 9.14. The van der Waals surface area contributed by atoms with Crippen LogP contribution >= 0.6 is 0 Å². The molecule has 0 spiro atoms. The van der Waals surface area contributed by atoms with Crippen molar-refractivity contribution in [2.24, 2.45) is 5.92 Å². The van der Waals surface area contributed by atoms with Crippen molar-refractivity contribution < 1.29 is 22.8 Å². The largest absolute Gasteiger partial charge is 0.340 e. The number of nitrogens with zero attached hydrogens (tertiary/aromatic N) is 1. The highest BCUT2D eigenvalue weighted by atomic mass is 32.2. The number of Topliss-reactive ketones (excluding diaryl/α,β-unsaturated/α-hetero) is 1. The zero-order valence-corrected chi connectivity index (χ0v) is 20.4. The summed E-state index contributed by atoms with van der Waals surface area (Å²) in [5.74, 6) is -1.37. The van der Waals surface area contributed by atoms with Crippen molar-refractivity contribution in [2.45, 2.75) is 45.6 Å². The zero-order chi connectivity index (χ0) is 24.8. The van der Waals surface area contributed by atoms with Crippen LogP contribution in [0.2, 0.25) is 0 Å². The van der Waals surface area contributed by atoms with Gasteiger partial charge in [0, 0.05) is 29.9 Å².